The third-order valence-corrected chi connectivity index (χ3v) is 5.54. The molecule has 0 bridgehead atoms. The first kappa shape index (κ1) is 17.8. The number of ether oxygens (including phenoxy) is 2. The van der Waals surface area contributed by atoms with Gasteiger partial charge in [0.1, 0.15) is 0 Å². The van der Waals surface area contributed by atoms with E-state index >= 15 is 0 Å². The van der Waals surface area contributed by atoms with E-state index < -0.39 is 0 Å². The van der Waals surface area contributed by atoms with Crippen molar-refractivity contribution in [3.63, 3.8) is 0 Å². The minimum Gasteiger partial charge on any atom is -0.495 e. The van der Waals surface area contributed by atoms with Crippen LogP contribution in [0.3, 0.4) is 0 Å². The summed E-state index contributed by atoms with van der Waals surface area (Å²) in [5, 5.41) is 0. The topological polar surface area (TPSA) is 18.5 Å². The summed E-state index contributed by atoms with van der Waals surface area (Å²) in [6.45, 7) is 9.02. The van der Waals surface area contributed by atoms with Gasteiger partial charge in [-0.1, -0.05) is 37.1 Å². The lowest BCUT2D eigenvalue weighted by Gasteiger charge is -2.34. The Bertz CT molecular complexity index is 520. The van der Waals surface area contributed by atoms with Crippen molar-refractivity contribution in [2.24, 2.45) is 11.8 Å². The van der Waals surface area contributed by atoms with Gasteiger partial charge in [0, 0.05) is 6.42 Å². The molecule has 134 valence electrons. The quantitative estimate of drug-likeness (QED) is 0.593. The minimum atomic E-state index is 0.339. The van der Waals surface area contributed by atoms with Gasteiger partial charge in [-0.3, -0.25) is 0 Å². The molecule has 0 radical (unpaired) electrons. The summed E-state index contributed by atoms with van der Waals surface area (Å²) in [4.78, 5) is 0. The monoisotopic (exact) mass is 330 g/mol. The van der Waals surface area contributed by atoms with Crippen molar-refractivity contribution in [3.05, 3.63) is 35.1 Å². The molecule has 0 amide bonds. The molecule has 1 saturated carbocycles. The molecule has 24 heavy (non-hydrogen) atoms. The Kier molecular flexibility index (Phi) is 5.86. The lowest BCUT2D eigenvalue weighted by Crippen LogP contribution is -2.31. The summed E-state index contributed by atoms with van der Waals surface area (Å²) >= 11 is 0. The van der Waals surface area contributed by atoms with Crippen LogP contribution in [0.4, 0.5) is 0 Å². The first-order valence-corrected chi connectivity index (χ1v) is 9.86. The van der Waals surface area contributed by atoms with E-state index in [0.29, 0.717) is 24.2 Å². The molecular weight excluding hydrogens is 296 g/mol. The van der Waals surface area contributed by atoms with Crippen molar-refractivity contribution in [3.8, 4) is 0 Å². The highest BCUT2D eigenvalue weighted by atomic mass is 16.5. The summed E-state index contributed by atoms with van der Waals surface area (Å²) in [5.41, 5.74) is 2.84. The van der Waals surface area contributed by atoms with Crippen LogP contribution in [0.1, 0.15) is 72.6 Å². The number of allylic oxidation sites excluding steroid dienone is 5. The maximum Gasteiger partial charge on any atom is 0.0984 e. The molecule has 2 nitrogen and oxygen atoms in total. The highest BCUT2D eigenvalue weighted by Crippen LogP contribution is 2.32. The zero-order valence-corrected chi connectivity index (χ0v) is 15.9. The van der Waals surface area contributed by atoms with E-state index in [4.69, 9.17) is 9.47 Å². The Morgan fingerprint density at radius 2 is 1.62 bits per heavy atom. The van der Waals surface area contributed by atoms with E-state index in [1.54, 1.807) is 0 Å². The largest absolute Gasteiger partial charge is 0.495 e. The van der Waals surface area contributed by atoms with Crippen molar-refractivity contribution in [1.82, 2.24) is 0 Å². The van der Waals surface area contributed by atoms with Crippen LogP contribution < -0.4 is 0 Å². The zero-order valence-electron chi connectivity index (χ0n) is 15.9. The van der Waals surface area contributed by atoms with Crippen LogP contribution in [0, 0.1) is 11.8 Å². The van der Waals surface area contributed by atoms with E-state index in [0.717, 1.165) is 38.0 Å². The molecule has 0 aromatic heterocycles. The van der Waals surface area contributed by atoms with E-state index in [9.17, 15) is 0 Å². The summed E-state index contributed by atoms with van der Waals surface area (Å²) in [5.74, 6) is 2.55. The lowest BCUT2D eigenvalue weighted by atomic mass is 9.88. The molecule has 0 aromatic carbocycles. The first-order chi connectivity index (χ1) is 11.5. The van der Waals surface area contributed by atoms with E-state index in [1.807, 2.05) is 0 Å². The van der Waals surface area contributed by atoms with Gasteiger partial charge in [-0.2, -0.15) is 0 Å². The normalized spacial score (nSPS) is 37.3. The predicted molar refractivity (Wildman–Crippen MR) is 99.8 cm³/mol. The number of hydrogen-bond donors (Lipinski definition) is 0. The summed E-state index contributed by atoms with van der Waals surface area (Å²) < 4.78 is 12.7. The summed E-state index contributed by atoms with van der Waals surface area (Å²) in [6.07, 6.45) is 16.1. The molecule has 1 fully saturated rings. The van der Waals surface area contributed by atoms with Crippen LogP contribution in [0.15, 0.2) is 35.1 Å². The summed E-state index contributed by atoms with van der Waals surface area (Å²) in [6, 6.07) is 0. The van der Waals surface area contributed by atoms with Gasteiger partial charge in [-0.15, -0.1) is 0 Å². The van der Waals surface area contributed by atoms with E-state index in [1.165, 1.54) is 29.7 Å². The highest BCUT2D eigenvalue weighted by molar-refractivity contribution is 5.24. The van der Waals surface area contributed by atoms with Crippen LogP contribution in [-0.2, 0) is 9.47 Å². The number of rotatable bonds is 4. The molecule has 0 aliphatic heterocycles. The van der Waals surface area contributed by atoms with Crippen LogP contribution in [-0.4, -0.2) is 18.3 Å². The molecule has 0 spiro atoms. The molecule has 3 aliphatic carbocycles. The number of hydrogen-bond acceptors (Lipinski definition) is 2. The Balaban J connectivity index is 1.45. The van der Waals surface area contributed by atoms with Gasteiger partial charge in [0.2, 0.25) is 0 Å². The molecule has 2 heteroatoms. The van der Waals surface area contributed by atoms with Gasteiger partial charge in [-0.25, -0.2) is 0 Å². The van der Waals surface area contributed by atoms with Crippen LogP contribution >= 0.6 is 0 Å². The molecule has 0 saturated heterocycles. The second kappa shape index (κ2) is 7.91. The van der Waals surface area contributed by atoms with Crippen LogP contribution in [0.25, 0.3) is 0 Å². The Hall–Kier alpha value is -1.02. The van der Waals surface area contributed by atoms with Gasteiger partial charge in [-0.05, 0) is 70.3 Å². The molecule has 0 aromatic rings. The van der Waals surface area contributed by atoms with Crippen molar-refractivity contribution < 1.29 is 9.47 Å². The van der Waals surface area contributed by atoms with E-state index in [-0.39, 0.29) is 0 Å². The average Bonchev–Trinajstić information content (AvgIpc) is 2.47. The standard InChI is InChI=1S/C22H34O2/c1-15-9-16(2)12-21(11-15)23-19-5-7-20(8-6-19)24-22-13-17(3)10-18(4)14-22/h9,11,13,16,18-20,22H,5-8,10,12,14H2,1-4H3. The maximum absolute atomic E-state index is 6.39. The van der Waals surface area contributed by atoms with Gasteiger partial charge >= 0.3 is 0 Å². The van der Waals surface area contributed by atoms with Gasteiger partial charge < -0.3 is 9.47 Å². The zero-order chi connectivity index (χ0) is 17.1. The molecular formula is C22H34O2. The third-order valence-electron chi connectivity index (χ3n) is 5.54. The van der Waals surface area contributed by atoms with Crippen LogP contribution in [0.2, 0.25) is 0 Å². The molecule has 3 atom stereocenters. The third kappa shape index (κ3) is 4.99. The molecule has 3 unspecified atom stereocenters. The van der Waals surface area contributed by atoms with Gasteiger partial charge in [0.05, 0.1) is 24.1 Å². The summed E-state index contributed by atoms with van der Waals surface area (Å²) in [7, 11) is 0. The lowest BCUT2D eigenvalue weighted by molar-refractivity contribution is -0.0451. The van der Waals surface area contributed by atoms with Gasteiger partial charge in [0.25, 0.3) is 0 Å². The fourth-order valence-electron chi connectivity index (χ4n) is 4.59. The predicted octanol–water partition coefficient (Wildman–Crippen LogP) is 5.95. The van der Waals surface area contributed by atoms with E-state index in [2.05, 4.69) is 45.9 Å². The molecule has 3 rings (SSSR count). The van der Waals surface area contributed by atoms with Crippen molar-refractivity contribution >= 4 is 0 Å². The Morgan fingerprint density at radius 3 is 2.29 bits per heavy atom. The Morgan fingerprint density at radius 1 is 0.917 bits per heavy atom. The average molecular weight is 331 g/mol. The first-order valence-electron chi connectivity index (χ1n) is 9.86. The van der Waals surface area contributed by atoms with Crippen molar-refractivity contribution in [1.29, 1.82) is 0 Å². The highest BCUT2D eigenvalue weighted by Gasteiger charge is 2.27. The molecule has 3 aliphatic rings. The van der Waals surface area contributed by atoms with Crippen LogP contribution in [0.5, 0.6) is 0 Å². The second-order valence-corrected chi connectivity index (χ2v) is 8.45. The van der Waals surface area contributed by atoms with Crippen molar-refractivity contribution in [2.45, 2.75) is 91.0 Å². The fraction of sp³-hybridized carbons (Fsp3) is 0.727. The molecule has 0 heterocycles. The smallest absolute Gasteiger partial charge is 0.0984 e. The van der Waals surface area contributed by atoms with Gasteiger partial charge in [0.15, 0.2) is 0 Å². The Labute approximate surface area is 148 Å². The van der Waals surface area contributed by atoms with Crippen molar-refractivity contribution in [2.75, 3.05) is 0 Å². The fourth-order valence-corrected chi connectivity index (χ4v) is 4.59. The maximum atomic E-state index is 6.39. The molecule has 0 N–H and O–H groups in total. The second-order valence-electron chi connectivity index (χ2n) is 8.45. The minimum absolute atomic E-state index is 0.339. The SMILES string of the molecule is CC1=CC(C)CC(OC2CCC(OC3C=C(C)CC(C)C3)CC2)=C1.